The van der Waals surface area contributed by atoms with Crippen LogP contribution < -0.4 is 5.11 Å². The lowest BCUT2D eigenvalue weighted by molar-refractivity contribution is -0.430. The van der Waals surface area contributed by atoms with E-state index < -0.39 is 14.4 Å². The Kier molecular flexibility index (Phi) is 6.30. The summed E-state index contributed by atoms with van der Waals surface area (Å²) in [7, 11) is -1.86. The highest BCUT2D eigenvalue weighted by Gasteiger charge is 2.49. The van der Waals surface area contributed by atoms with Crippen LogP contribution in [0.2, 0.25) is 16.6 Å². The van der Waals surface area contributed by atoms with Crippen molar-refractivity contribution >= 4 is 8.32 Å². The minimum atomic E-state index is -1.86. The van der Waals surface area contributed by atoms with Crippen LogP contribution in [0.3, 0.4) is 0 Å². The molecule has 4 atom stereocenters. The predicted molar refractivity (Wildman–Crippen MR) is 87.3 cm³/mol. The van der Waals surface area contributed by atoms with Crippen molar-refractivity contribution < 1.29 is 9.53 Å². The lowest BCUT2D eigenvalue weighted by Crippen LogP contribution is -2.52. The van der Waals surface area contributed by atoms with Gasteiger partial charge in [0.05, 0.1) is 0 Å². The smallest absolute Gasteiger partial charge is 0.200 e. The molecule has 2 nitrogen and oxygen atoms in total. The van der Waals surface area contributed by atoms with Crippen molar-refractivity contribution in [3.8, 4) is 0 Å². The zero-order valence-corrected chi connectivity index (χ0v) is 15.8. The summed E-state index contributed by atoms with van der Waals surface area (Å²) in [6.45, 7) is 18.3. The molecule has 1 aliphatic rings. The first-order valence-electron chi connectivity index (χ1n) is 8.51. The molecule has 1 unspecified atom stereocenters. The van der Waals surface area contributed by atoms with Crippen LogP contribution in [0.15, 0.2) is 0 Å². The van der Waals surface area contributed by atoms with Crippen LogP contribution in [0, 0.1) is 11.8 Å². The Balaban J connectivity index is 3.06. The Morgan fingerprint density at radius 1 is 1.05 bits per heavy atom. The normalized spacial score (nSPS) is 31.8. The van der Waals surface area contributed by atoms with Crippen LogP contribution >= 0.6 is 0 Å². The molecular formula is C17H35O2Si-. The Morgan fingerprint density at radius 3 is 1.85 bits per heavy atom. The fourth-order valence-electron chi connectivity index (χ4n) is 4.65. The van der Waals surface area contributed by atoms with E-state index in [-0.39, 0.29) is 12.0 Å². The molecule has 0 amide bonds. The summed E-state index contributed by atoms with van der Waals surface area (Å²) in [6.07, 6.45) is 1.53. The van der Waals surface area contributed by atoms with Gasteiger partial charge in [-0.2, -0.15) is 0 Å². The molecule has 120 valence electrons. The maximum Gasteiger partial charge on any atom is 0.200 e. The SMILES string of the molecule is CCC1[C@H]([O-])C[C@@H](C)[C@@H]1O[Si](C(C)C)(C(C)C)C(C)C. The van der Waals surface area contributed by atoms with E-state index in [4.69, 9.17) is 4.43 Å². The number of hydrogen-bond acceptors (Lipinski definition) is 2. The molecule has 0 N–H and O–H groups in total. The van der Waals surface area contributed by atoms with E-state index in [2.05, 4.69) is 55.4 Å². The van der Waals surface area contributed by atoms with Gasteiger partial charge >= 0.3 is 0 Å². The largest absolute Gasteiger partial charge is 0.852 e. The average molecular weight is 300 g/mol. The van der Waals surface area contributed by atoms with Gasteiger partial charge in [0.2, 0.25) is 8.32 Å². The molecule has 1 fully saturated rings. The zero-order valence-electron chi connectivity index (χ0n) is 14.8. The van der Waals surface area contributed by atoms with Gasteiger partial charge in [0.15, 0.2) is 0 Å². The van der Waals surface area contributed by atoms with E-state index in [1.807, 2.05) is 0 Å². The quantitative estimate of drug-likeness (QED) is 0.683. The van der Waals surface area contributed by atoms with Crippen molar-refractivity contribution in [1.82, 2.24) is 0 Å². The molecule has 0 aliphatic heterocycles. The third-order valence-corrected chi connectivity index (χ3v) is 11.7. The average Bonchev–Trinajstić information content (AvgIpc) is 2.58. The minimum absolute atomic E-state index is 0.196. The molecule has 20 heavy (non-hydrogen) atoms. The van der Waals surface area contributed by atoms with Crippen molar-refractivity contribution in [2.45, 2.75) is 97.1 Å². The molecule has 1 aliphatic carbocycles. The van der Waals surface area contributed by atoms with E-state index in [0.29, 0.717) is 22.5 Å². The fourth-order valence-corrected chi connectivity index (χ4v) is 10.3. The summed E-state index contributed by atoms with van der Waals surface area (Å²) in [6, 6.07) is 0. The molecule has 0 aromatic carbocycles. The molecule has 0 radical (unpaired) electrons. The first kappa shape index (κ1) is 18.2. The van der Waals surface area contributed by atoms with Crippen LogP contribution in [0.4, 0.5) is 0 Å². The third-order valence-electron chi connectivity index (χ3n) is 5.58. The van der Waals surface area contributed by atoms with E-state index in [1.165, 1.54) is 0 Å². The van der Waals surface area contributed by atoms with Crippen LogP contribution in [0.25, 0.3) is 0 Å². The monoisotopic (exact) mass is 299 g/mol. The highest BCUT2D eigenvalue weighted by molar-refractivity contribution is 6.77. The fraction of sp³-hybridized carbons (Fsp3) is 1.00. The van der Waals surface area contributed by atoms with E-state index in [0.717, 1.165) is 12.8 Å². The highest BCUT2D eigenvalue weighted by atomic mass is 28.4. The highest BCUT2D eigenvalue weighted by Crippen LogP contribution is 2.47. The van der Waals surface area contributed by atoms with Gasteiger partial charge in [-0.1, -0.05) is 68.2 Å². The molecule has 0 heterocycles. The maximum absolute atomic E-state index is 12.2. The molecule has 1 saturated carbocycles. The Bertz CT molecular complexity index is 280. The molecule has 3 heteroatoms. The van der Waals surface area contributed by atoms with Crippen molar-refractivity contribution in [2.75, 3.05) is 0 Å². The van der Waals surface area contributed by atoms with Gasteiger partial charge in [-0.05, 0) is 28.5 Å². The number of rotatable bonds is 6. The second-order valence-corrected chi connectivity index (χ2v) is 13.1. The van der Waals surface area contributed by atoms with E-state index >= 15 is 0 Å². The van der Waals surface area contributed by atoms with Crippen molar-refractivity contribution in [1.29, 1.82) is 0 Å². The minimum Gasteiger partial charge on any atom is -0.852 e. The lowest BCUT2D eigenvalue weighted by atomic mass is 9.99. The molecule has 0 saturated heterocycles. The van der Waals surface area contributed by atoms with Gasteiger partial charge < -0.3 is 9.53 Å². The third kappa shape index (κ3) is 3.15. The Hall–Kier alpha value is 0.137. The summed E-state index contributed by atoms with van der Waals surface area (Å²) < 4.78 is 6.91. The first-order chi connectivity index (χ1) is 9.18. The molecule has 0 aromatic rings. The van der Waals surface area contributed by atoms with E-state index in [9.17, 15) is 5.11 Å². The summed E-state index contributed by atoms with van der Waals surface area (Å²) >= 11 is 0. The van der Waals surface area contributed by atoms with Crippen LogP contribution in [0.1, 0.15) is 68.2 Å². The van der Waals surface area contributed by atoms with E-state index in [1.54, 1.807) is 0 Å². The topological polar surface area (TPSA) is 32.3 Å². The summed E-state index contributed by atoms with van der Waals surface area (Å²) in [5.41, 5.74) is 1.79. The molecule has 1 rings (SSSR count). The molecule has 0 spiro atoms. The Labute approximate surface area is 127 Å². The zero-order chi connectivity index (χ0) is 15.7. The standard InChI is InChI=1S/C17H35O2Si/c1-9-15-16(18)10-14(8)17(15)19-20(11(2)3,12(4)5)13(6)7/h11-17H,9-10H2,1-8H3/q-1/t14-,15?,16-,17+/m1/s1. The van der Waals surface area contributed by atoms with Crippen molar-refractivity contribution in [3.05, 3.63) is 0 Å². The maximum atomic E-state index is 12.2. The van der Waals surface area contributed by atoms with Gasteiger partial charge in [0.1, 0.15) is 0 Å². The number of hydrogen-bond donors (Lipinski definition) is 0. The van der Waals surface area contributed by atoms with Gasteiger partial charge in [-0.25, -0.2) is 0 Å². The van der Waals surface area contributed by atoms with Gasteiger partial charge in [-0.15, -0.1) is 6.10 Å². The molecular weight excluding hydrogens is 264 g/mol. The van der Waals surface area contributed by atoms with Crippen molar-refractivity contribution in [3.63, 3.8) is 0 Å². The van der Waals surface area contributed by atoms with Gasteiger partial charge in [-0.3, -0.25) is 0 Å². The second kappa shape index (κ2) is 6.93. The molecule has 0 aromatic heterocycles. The first-order valence-corrected chi connectivity index (χ1v) is 10.7. The summed E-state index contributed by atoms with van der Waals surface area (Å²) in [5.74, 6) is 0.638. The second-order valence-electron chi connectivity index (χ2n) is 7.72. The van der Waals surface area contributed by atoms with Crippen LogP contribution in [0.5, 0.6) is 0 Å². The van der Waals surface area contributed by atoms with Crippen LogP contribution in [-0.4, -0.2) is 20.5 Å². The van der Waals surface area contributed by atoms with Crippen molar-refractivity contribution in [2.24, 2.45) is 11.8 Å². The summed E-state index contributed by atoms with van der Waals surface area (Å²) in [5, 5.41) is 12.2. The summed E-state index contributed by atoms with van der Waals surface area (Å²) in [4.78, 5) is 0. The van der Waals surface area contributed by atoms with Gasteiger partial charge in [0, 0.05) is 6.10 Å². The predicted octanol–water partition coefficient (Wildman–Crippen LogP) is 4.34. The lowest BCUT2D eigenvalue weighted by Gasteiger charge is -2.46. The Morgan fingerprint density at radius 2 is 1.50 bits per heavy atom. The molecule has 0 bridgehead atoms. The van der Waals surface area contributed by atoms with Gasteiger partial charge in [0.25, 0.3) is 0 Å². The van der Waals surface area contributed by atoms with Crippen LogP contribution in [-0.2, 0) is 4.43 Å².